The summed E-state index contributed by atoms with van der Waals surface area (Å²) in [5.41, 5.74) is 5.98. The highest BCUT2D eigenvalue weighted by Crippen LogP contribution is 2.40. The second-order valence-electron chi connectivity index (χ2n) is 5.16. The largest absolute Gasteiger partial charge is 0.383 e. The summed E-state index contributed by atoms with van der Waals surface area (Å²) in [5.74, 6) is 0.959. The molecule has 1 aliphatic rings. The van der Waals surface area contributed by atoms with Crippen LogP contribution in [0.1, 0.15) is 57.3 Å². The Morgan fingerprint density at radius 1 is 1.37 bits per heavy atom. The Kier molecular flexibility index (Phi) is 4.24. The maximum Gasteiger partial charge on any atom is 0.256 e. The van der Waals surface area contributed by atoms with Crippen molar-refractivity contribution in [1.82, 2.24) is 9.97 Å². The molecule has 1 heterocycles. The highest BCUT2D eigenvalue weighted by Gasteiger charge is 2.39. The molecular formula is C14H23N3O2. The number of hydrogen-bond donors (Lipinski definition) is 2. The van der Waals surface area contributed by atoms with Crippen molar-refractivity contribution in [2.24, 2.45) is 0 Å². The van der Waals surface area contributed by atoms with Gasteiger partial charge in [0.25, 0.3) is 5.56 Å². The highest BCUT2D eigenvalue weighted by molar-refractivity contribution is 5.38. The van der Waals surface area contributed by atoms with Crippen LogP contribution < -0.4 is 11.3 Å². The molecule has 5 heteroatoms. The van der Waals surface area contributed by atoms with E-state index in [4.69, 9.17) is 10.5 Å². The minimum absolute atomic E-state index is 0.115. The number of H-pyrrole nitrogens is 1. The van der Waals surface area contributed by atoms with Gasteiger partial charge in [0.05, 0.1) is 5.56 Å². The van der Waals surface area contributed by atoms with E-state index in [9.17, 15) is 4.79 Å². The molecule has 0 aromatic carbocycles. The summed E-state index contributed by atoms with van der Waals surface area (Å²) in [6.07, 6.45) is 5.54. The molecule has 1 aliphatic carbocycles. The average Bonchev–Trinajstić information content (AvgIpc) is 2.84. The van der Waals surface area contributed by atoms with Gasteiger partial charge in [-0.3, -0.25) is 4.79 Å². The van der Waals surface area contributed by atoms with E-state index in [1.165, 1.54) is 0 Å². The van der Waals surface area contributed by atoms with Crippen LogP contribution in [0.5, 0.6) is 0 Å². The topological polar surface area (TPSA) is 81.0 Å². The van der Waals surface area contributed by atoms with Crippen molar-refractivity contribution >= 4 is 5.82 Å². The molecule has 0 atom stereocenters. The van der Waals surface area contributed by atoms with Gasteiger partial charge in [0.1, 0.15) is 17.2 Å². The fraction of sp³-hybridized carbons (Fsp3) is 0.714. The molecule has 0 unspecified atom stereocenters. The van der Waals surface area contributed by atoms with Crippen LogP contribution in [0.2, 0.25) is 0 Å². The van der Waals surface area contributed by atoms with Crippen LogP contribution in [0.3, 0.4) is 0 Å². The molecular weight excluding hydrogens is 242 g/mol. The van der Waals surface area contributed by atoms with E-state index in [1.807, 2.05) is 13.8 Å². The first-order valence-corrected chi connectivity index (χ1v) is 7.16. The minimum atomic E-state index is -0.438. The summed E-state index contributed by atoms with van der Waals surface area (Å²) < 4.78 is 5.90. The zero-order valence-corrected chi connectivity index (χ0v) is 11.8. The Balaban J connectivity index is 2.42. The zero-order chi connectivity index (χ0) is 13.9. The third-order valence-electron chi connectivity index (χ3n) is 3.81. The lowest BCUT2D eigenvalue weighted by Gasteiger charge is -2.28. The lowest BCUT2D eigenvalue weighted by molar-refractivity contribution is -0.0457. The van der Waals surface area contributed by atoms with E-state index in [2.05, 4.69) is 9.97 Å². The maximum atomic E-state index is 12.1. The van der Waals surface area contributed by atoms with E-state index < -0.39 is 5.60 Å². The average molecular weight is 265 g/mol. The highest BCUT2D eigenvalue weighted by atomic mass is 16.5. The Morgan fingerprint density at radius 2 is 2.05 bits per heavy atom. The van der Waals surface area contributed by atoms with Crippen molar-refractivity contribution < 1.29 is 4.74 Å². The number of nitrogen functional groups attached to an aromatic ring is 1. The molecule has 5 nitrogen and oxygen atoms in total. The van der Waals surface area contributed by atoms with Crippen molar-refractivity contribution in [1.29, 1.82) is 0 Å². The Bertz CT molecular complexity index is 490. The van der Waals surface area contributed by atoms with E-state index in [1.54, 1.807) is 0 Å². The molecule has 0 radical (unpaired) electrons. The molecule has 1 aromatic heterocycles. The fourth-order valence-electron chi connectivity index (χ4n) is 2.89. The van der Waals surface area contributed by atoms with Gasteiger partial charge < -0.3 is 15.5 Å². The summed E-state index contributed by atoms with van der Waals surface area (Å²) >= 11 is 0. The first kappa shape index (κ1) is 14.1. The third-order valence-corrected chi connectivity index (χ3v) is 3.81. The second-order valence-corrected chi connectivity index (χ2v) is 5.16. The van der Waals surface area contributed by atoms with Crippen molar-refractivity contribution in [2.45, 2.75) is 58.0 Å². The molecule has 2 rings (SSSR count). The summed E-state index contributed by atoms with van der Waals surface area (Å²) in [6, 6.07) is 0. The van der Waals surface area contributed by atoms with Crippen molar-refractivity contribution in [3.05, 3.63) is 21.7 Å². The van der Waals surface area contributed by atoms with E-state index in [-0.39, 0.29) is 5.56 Å². The summed E-state index contributed by atoms with van der Waals surface area (Å²) in [5, 5.41) is 0. The molecule has 0 saturated heterocycles. The van der Waals surface area contributed by atoms with Crippen molar-refractivity contribution in [3.8, 4) is 0 Å². The number of ether oxygens (including phenoxy) is 1. The maximum absolute atomic E-state index is 12.1. The molecule has 0 amide bonds. The normalized spacial score (nSPS) is 17.8. The van der Waals surface area contributed by atoms with E-state index >= 15 is 0 Å². The predicted octanol–water partition coefficient (Wildman–Crippen LogP) is 2.11. The third kappa shape index (κ3) is 2.66. The Morgan fingerprint density at radius 3 is 2.58 bits per heavy atom. The zero-order valence-electron chi connectivity index (χ0n) is 11.8. The van der Waals surface area contributed by atoms with Crippen LogP contribution in [0.4, 0.5) is 5.82 Å². The smallest absolute Gasteiger partial charge is 0.256 e. The lowest BCUT2D eigenvalue weighted by atomic mass is 10.0. The number of nitrogens with two attached hydrogens (primary N) is 1. The van der Waals surface area contributed by atoms with Crippen LogP contribution in [0.25, 0.3) is 0 Å². The first-order valence-electron chi connectivity index (χ1n) is 7.16. The molecule has 1 aromatic rings. The van der Waals surface area contributed by atoms with Crippen LogP contribution in [0, 0.1) is 0 Å². The van der Waals surface area contributed by atoms with Gasteiger partial charge in [0.15, 0.2) is 0 Å². The predicted molar refractivity (Wildman–Crippen MR) is 75.0 cm³/mol. The molecule has 1 fully saturated rings. The molecule has 106 valence electrons. The molecule has 19 heavy (non-hydrogen) atoms. The molecule has 0 aliphatic heterocycles. The molecule has 3 N–H and O–H groups in total. The second kappa shape index (κ2) is 5.74. The molecule has 1 saturated carbocycles. The van der Waals surface area contributed by atoms with Gasteiger partial charge in [-0.15, -0.1) is 0 Å². The monoisotopic (exact) mass is 265 g/mol. The van der Waals surface area contributed by atoms with Gasteiger partial charge in [-0.2, -0.15) is 0 Å². The Labute approximate surface area is 113 Å². The van der Waals surface area contributed by atoms with E-state index in [0.29, 0.717) is 30.2 Å². The van der Waals surface area contributed by atoms with Gasteiger partial charge in [-0.1, -0.05) is 13.3 Å². The lowest BCUT2D eigenvalue weighted by Crippen LogP contribution is -2.33. The van der Waals surface area contributed by atoms with Gasteiger partial charge in [0.2, 0.25) is 0 Å². The number of aromatic nitrogens is 2. The van der Waals surface area contributed by atoms with Crippen LogP contribution >= 0.6 is 0 Å². The number of rotatable bonds is 5. The van der Waals surface area contributed by atoms with Gasteiger partial charge >= 0.3 is 0 Å². The van der Waals surface area contributed by atoms with Gasteiger partial charge in [-0.05, 0) is 39.0 Å². The number of hydrogen-bond acceptors (Lipinski definition) is 4. The standard InChI is InChI=1S/C14H23N3O2/c1-3-7-10-11(15)16-13(17-12(10)18)14(19-4-2)8-5-6-9-14/h3-9H2,1-2H3,(H3,15,16,17,18). The first-order chi connectivity index (χ1) is 9.13. The number of anilines is 1. The SMILES string of the molecule is CCCc1c(N)nc(C2(OCC)CCCC2)[nH]c1=O. The van der Waals surface area contributed by atoms with Crippen LogP contribution in [-0.4, -0.2) is 16.6 Å². The fourth-order valence-corrected chi connectivity index (χ4v) is 2.89. The summed E-state index contributed by atoms with van der Waals surface area (Å²) in [4.78, 5) is 19.4. The van der Waals surface area contributed by atoms with Crippen molar-refractivity contribution in [3.63, 3.8) is 0 Å². The van der Waals surface area contributed by atoms with Crippen LogP contribution in [-0.2, 0) is 16.8 Å². The molecule has 0 spiro atoms. The number of nitrogens with zero attached hydrogens (tertiary/aromatic N) is 1. The van der Waals surface area contributed by atoms with Crippen LogP contribution in [0.15, 0.2) is 4.79 Å². The summed E-state index contributed by atoms with van der Waals surface area (Å²) in [7, 11) is 0. The minimum Gasteiger partial charge on any atom is -0.383 e. The van der Waals surface area contributed by atoms with Crippen molar-refractivity contribution in [2.75, 3.05) is 12.3 Å². The Hall–Kier alpha value is -1.36. The summed E-state index contributed by atoms with van der Waals surface area (Å²) in [6.45, 7) is 4.60. The van der Waals surface area contributed by atoms with Gasteiger partial charge in [0, 0.05) is 6.61 Å². The molecule has 0 bridgehead atoms. The quantitative estimate of drug-likeness (QED) is 0.854. The number of aromatic amines is 1. The van der Waals surface area contributed by atoms with E-state index in [0.717, 1.165) is 32.1 Å². The number of nitrogens with one attached hydrogen (secondary N) is 1. The van der Waals surface area contributed by atoms with Gasteiger partial charge in [-0.25, -0.2) is 4.98 Å².